The number of aryl methyl sites for hydroxylation is 1. The Hall–Kier alpha value is -3.55. The predicted molar refractivity (Wildman–Crippen MR) is 89.2 cm³/mol. The molecule has 0 aliphatic rings. The van der Waals surface area contributed by atoms with Crippen molar-refractivity contribution in [3.05, 3.63) is 60.4 Å². The van der Waals surface area contributed by atoms with E-state index in [0.717, 1.165) is 5.69 Å². The molecule has 122 valence electrons. The van der Waals surface area contributed by atoms with Crippen LogP contribution in [-0.4, -0.2) is 30.7 Å². The van der Waals surface area contributed by atoms with Crippen LogP contribution in [0.25, 0.3) is 23.2 Å². The Morgan fingerprint density at radius 1 is 1.46 bits per heavy atom. The van der Waals surface area contributed by atoms with Gasteiger partial charge < -0.3 is 10.2 Å². The van der Waals surface area contributed by atoms with Crippen LogP contribution in [0.5, 0.6) is 0 Å². The molecule has 4 rings (SSSR count). The summed E-state index contributed by atoms with van der Waals surface area (Å²) >= 11 is 0. The number of carbonyl (C=O) groups is 1. The first-order chi connectivity index (χ1) is 11.6. The third-order valence-corrected chi connectivity index (χ3v) is 3.29. The number of aromatic amines is 2. The summed E-state index contributed by atoms with van der Waals surface area (Å²) in [6, 6.07) is 5.39. The van der Waals surface area contributed by atoms with E-state index in [0.29, 0.717) is 28.4 Å². The summed E-state index contributed by atoms with van der Waals surface area (Å²) < 4.78 is 6.89. The second-order valence-corrected chi connectivity index (χ2v) is 5.01. The molecule has 0 spiro atoms. The minimum absolute atomic E-state index is 0.304. The van der Waals surface area contributed by atoms with Crippen molar-refractivity contribution in [2.24, 2.45) is 5.73 Å². The maximum absolute atomic E-state index is 11.6. The standard InChI is InChI=1S/C12H10N4O2.C4H6N2/c1-2-7-6-16-12(14-7)9(11(13)17)10(15-16)8-4-3-5-18-8;1-4-2-3-5-6-4/h2-6,15H,1H2,(H2,13,17);2-3H,1H3,(H,5,6). The lowest BCUT2D eigenvalue weighted by molar-refractivity contribution is 0.100. The number of fused-ring (bicyclic) bond motifs is 1. The SMILES string of the molecule is C=Cc1cn2[nH]c(-c3ccco3)c(C(N)=O)c2n1.Cc1ccn[nH]1. The number of aromatic nitrogens is 5. The average molecular weight is 324 g/mol. The fourth-order valence-electron chi connectivity index (χ4n) is 2.20. The molecular formula is C16H16N6O2. The van der Waals surface area contributed by atoms with Gasteiger partial charge in [0.05, 0.1) is 18.2 Å². The van der Waals surface area contributed by atoms with Crippen molar-refractivity contribution >= 4 is 17.6 Å². The molecule has 24 heavy (non-hydrogen) atoms. The monoisotopic (exact) mass is 324 g/mol. The normalized spacial score (nSPS) is 10.4. The van der Waals surface area contributed by atoms with Crippen LogP contribution in [-0.2, 0) is 0 Å². The van der Waals surface area contributed by atoms with Crippen molar-refractivity contribution in [1.29, 1.82) is 0 Å². The van der Waals surface area contributed by atoms with Gasteiger partial charge in [0.25, 0.3) is 5.91 Å². The Bertz CT molecular complexity index is 960. The minimum atomic E-state index is -0.561. The Kier molecular flexibility index (Phi) is 4.02. The molecular weight excluding hydrogens is 308 g/mol. The highest BCUT2D eigenvalue weighted by Crippen LogP contribution is 2.26. The number of primary amides is 1. The van der Waals surface area contributed by atoms with Gasteiger partial charge in [0.15, 0.2) is 11.4 Å². The van der Waals surface area contributed by atoms with Crippen LogP contribution < -0.4 is 5.73 Å². The van der Waals surface area contributed by atoms with Gasteiger partial charge in [-0.15, -0.1) is 0 Å². The number of carbonyl (C=O) groups excluding carboxylic acids is 1. The Labute approximate surface area is 137 Å². The van der Waals surface area contributed by atoms with Crippen molar-refractivity contribution in [2.75, 3.05) is 0 Å². The molecule has 0 radical (unpaired) electrons. The Morgan fingerprint density at radius 3 is 2.79 bits per heavy atom. The van der Waals surface area contributed by atoms with Gasteiger partial charge in [-0.2, -0.15) is 5.10 Å². The summed E-state index contributed by atoms with van der Waals surface area (Å²) in [6.07, 6.45) is 6.58. The van der Waals surface area contributed by atoms with Gasteiger partial charge in [0.2, 0.25) is 0 Å². The molecule has 0 fully saturated rings. The molecule has 0 bridgehead atoms. The van der Waals surface area contributed by atoms with Crippen LogP contribution >= 0.6 is 0 Å². The second-order valence-electron chi connectivity index (χ2n) is 5.01. The van der Waals surface area contributed by atoms with Crippen LogP contribution in [0.2, 0.25) is 0 Å². The van der Waals surface area contributed by atoms with Crippen LogP contribution in [0.15, 0.2) is 47.9 Å². The fraction of sp³-hybridized carbons (Fsp3) is 0.0625. The Morgan fingerprint density at radius 2 is 2.29 bits per heavy atom. The van der Waals surface area contributed by atoms with E-state index in [-0.39, 0.29) is 0 Å². The van der Waals surface area contributed by atoms with Crippen molar-refractivity contribution in [1.82, 2.24) is 24.8 Å². The first-order valence-corrected chi connectivity index (χ1v) is 7.13. The second kappa shape index (κ2) is 6.29. The highest BCUT2D eigenvalue weighted by atomic mass is 16.3. The number of nitrogens with zero attached hydrogens (tertiary/aromatic N) is 3. The van der Waals surface area contributed by atoms with Crippen molar-refractivity contribution < 1.29 is 9.21 Å². The van der Waals surface area contributed by atoms with Gasteiger partial charge >= 0.3 is 0 Å². The number of furan rings is 1. The highest BCUT2D eigenvalue weighted by Gasteiger charge is 2.21. The zero-order valence-electron chi connectivity index (χ0n) is 13.0. The zero-order valence-corrected chi connectivity index (χ0v) is 13.0. The summed E-state index contributed by atoms with van der Waals surface area (Å²) in [7, 11) is 0. The van der Waals surface area contributed by atoms with Crippen molar-refractivity contribution in [3.63, 3.8) is 0 Å². The fourth-order valence-corrected chi connectivity index (χ4v) is 2.20. The number of rotatable bonds is 3. The number of hydrogen-bond acceptors (Lipinski definition) is 4. The molecule has 0 saturated heterocycles. The largest absolute Gasteiger partial charge is 0.463 e. The van der Waals surface area contributed by atoms with Gasteiger partial charge in [-0.1, -0.05) is 6.58 Å². The Balaban J connectivity index is 0.000000238. The van der Waals surface area contributed by atoms with E-state index in [1.165, 1.54) is 6.26 Å². The van der Waals surface area contributed by atoms with E-state index in [9.17, 15) is 4.79 Å². The van der Waals surface area contributed by atoms with E-state index in [2.05, 4.69) is 26.9 Å². The molecule has 4 aromatic rings. The number of nitrogens with one attached hydrogen (secondary N) is 2. The smallest absolute Gasteiger partial charge is 0.254 e. The van der Waals surface area contributed by atoms with Crippen molar-refractivity contribution in [2.45, 2.75) is 6.92 Å². The molecule has 8 heteroatoms. The number of H-pyrrole nitrogens is 2. The molecule has 0 aromatic carbocycles. The molecule has 1 amide bonds. The number of nitrogens with two attached hydrogens (primary N) is 1. The molecule has 0 atom stereocenters. The number of amides is 1. The lowest BCUT2D eigenvalue weighted by Crippen LogP contribution is -2.11. The maximum atomic E-state index is 11.6. The van der Waals surface area contributed by atoms with E-state index >= 15 is 0 Å². The van der Waals surface area contributed by atoms with Crippen LogP contribution in [0.4, 0.5) is 0 Å². The van der Waals surface area contributed by atoms with Gasteiger partial charge in [-0.25, -0.2) is 9.50 Å². The quantitative estimate of drug-likeness (QED) is 0.536. The summed E-state index contributed by atoms with van der Waals surface area (Å²) in [5.41, 5.74) is 8.46. The molecule has 4 heterocycles. The first-order valence-electron chi connectivity index (χ1n) is 7.13. The summed E-state index contributed by atoms with van der Waals surface area (Å²) in [5, 5.41) is 9.46. The van der Waals surface area contributed by atoms with E-state index in [4.69, 9.17) is 10.2 Å². The van der Waals surface area contributed by atoms with E-state index in [1.807, 2.05) is 13.0 Å². The molecule has 0 aliphatic carbocycles. The lowest BCUT2D eigenvalue weighted by Gasteiger charge is -1.95. The number of hydrogen-bond donors (Lipinski definition) is 3. The van der Waals surface area contributed by atoms with Crippen molar-refractivity contribution in [3.8, 4) is 11.5 Å². The minimum Gasteiger partial charge on any atom is -0.463 e. The molecule has 0 unspecified atom stereocenters. The first kappa shape index (κ1) is 15.3. The topological polar surface area (TPSA) is 118 Å². The predicted octanol–water partition coefficient (Wildman–Crippen LogP) is 2.38. The third-order valence-electron chi connectivity index (χ3n) is 3.29. The lowest BCUT2D eigenvalue weighted by atomic mass is 10.2. The van der Waals surface area contributed by atoms with Gasteiger partial charge in [-0.3, -0.25) is 15.0 Å². The summed E-state index contributed by atoms with van der Waals surface area (Å²) in [5.74, 6) is -0.0247. The van der Waals surface area contributed by atoms with E-state index in [1.54, 1.807) is 35.1 Å². The molecule has 8 nitrogen and oxygen atoms in total. The molecule has 4 aromatic heterocycles. The molecule has 0 saturated carbocycles. The van der Waals surface area contributed by atoms with Crippen LogP contribution in [0, 0.1) is 6.92 Å². The molecule has 4 N–H and O–H groups in total. The average Bonchev–Trinajstić information content (AvgIpc) is 3.30. The molecule has 0 aliphatic heterocycles. The zero-order chi connectivity index (χ0) is 17.1. The summed E-state index contributed by atoms with van der Waals surface area (Å²) in [6.45, 7) is 5.59. The highest BCUT2D eigenvalue weighted by molar-refractivity contribution is 6.04. The number of imidazole rings is 1. The third kappa shape index (κ3) is 2.84. The van der Waals surface area contributed by atoms with Crippen LogP contribution in [0.3, 0.4) is 0 Å². The summed E-state index contributed by atoms with van der Waals surface area (Å²) in [4.78, 5) is 15.8. The van der Waals surface area contributed by atoms with E-state index < -0.39 is 5.91 Å². The van der Waals surface area contributed by atoms with Gasteiger partial charge in [-0.05, 0) is 31.2 Å². The van der Waals surface area contributed by atoms with Crippen LogP contribution in [0.1, 0.15) is 21.7 Å². The van der Waals surface area contributed by atoms with Gasteiger partial charge in [0.1, 0.15) is 11.3 Å². The maximum Gasteiger partial charge on any atom is 0.254 e. The van der Waals surface area contributed by atoms with Gasteiger partial charge in [0, 0.05) is 11.9 Å².